The second-order valence-corrected chi connectivity index (χ2v) is 3.04. The van der Waals surface area contributed by atoms with Gasteiger partial charge in [-0.25, -0.2) is 0 Å². The quantitative estimate of drug-likeness (QED) is 0.504. The standard InChI is InChI=1S/C5H11.BrH.Zn/c1-3-5-4-2;;/h1,3-5H2,2H3;1H;. The van der Waals surface area contributed by atoms with Gasteiger partial charge >= 0.3 is 49.5 Å². The molecule has 0 N–H and O–H groups in total. The predicted molar refractivity (Wildman–Crippen MR) is 34.7 cm³/mol. The zero-order chi connectivity index (χ0) is 4.83. The molecule has 0 rings (SSSR count). The molecular weight excluding hydrogens is 205 g/mol. The fraction of sp³-hybridized carbons (Fsp3) is 1.00. The number of halogens is 1. The first-order valence-corrected chi connectivity index (χ1v) is 4.81. The van der Waals surface area contributed by atoms with Crippen molar-refractivity contribution in [2.45, 2.75) is 31.2 Å². The van der Waals surface area contributed by atoms with Crippen molar-refractivity contribution in [3.05, 3.63) is 0 Å². The zero-order valence-electron chi connectivity index (χ0n) is 4.94. The molecule has 0 unspecified atom stereocenters. The van der Waals surface area contributed by atoms with Crippen LogP contribution >= 0.6 is 17.0 Å². The van der Waals surface area contributed by atoms with Gasteiger partial charge in [0.1, 0.15) is 0 Å². The molecule has 0 aromatic rings. The van der Waals surface area contributed by atoms with Crippen LogP contribution in [0.1, 0.15) is 26.2 Å². The van der Waals surface area contributed by atoms with Gasteiger partial charge in [-0.15, -0.1) is 17.0 Å². The van der Waals surface area contributed by atoms with E-state index in [1.54, 1.807) is 0 Å². The van der Waals surface area contributed by atoms with Gasteiger partial charge in [0.15, 0.2) is 0 Å². The van der Waals surface area contributed by atoms with Crippen molar-refractivity contribution in [1.29, 1.82) is 0 Å². The number of rotatable bonds is 3. The van der Waals surface area contributed by atoms with Gasteiger partial charge in [-0.05, 0) is 0 Å². The Bertz CT molecular complexity index is 20.0. The number of unbranched alkanes of at least 4 members (excludes halogenated alkanes) is 2. The Morgan fingerprint density at radius 3 is 2.00 bits per heavy atom. The molecule has 0 saturated carbocycles. The summed E-state index contributed by atoms with van der Waals surface area (Å²) >= 11 is 1.49. The van der Waals surface area contributed by atoms with Crippen molar-refractivity contribution in [2.75, 3.05) is 0 Å². The first-order valence-electron chi connectivity index (χ1n) is 2.71. The zero-order valence-corrected chi connectivity index (χ0v) is 9.62. The van der Waals surface area contributed by atoms with Crippen LogP contribution in [0.3, 0.4) is 0 Å². The van der Waals surface area contributed by atoms with E-state index in [1.807, 2.05) is 0 Å². The molecule has 2 heteroatoms. The van der Waals surface area contributed by atoms with Gasteiger partial charge < -0.3 is 0 Å². The van der Waals surface area contributed by atoms with Crippen LogP contribution in [0, 0.1) is 0 Å². The molecule has 0 amide bonds. The summed E-state index contributed by atoms with van der Waals surface area (Å²) in [6, 6.07) is 0. The summed E-state index contributed by atoms with van der Waals surface area (Å²) in [5.74, 6) is 0. The van der Waals surface area contributed by atoms with E-state index in [2.05, 4.69) is 6.92 Å². The van der Waals surface area contributed by atoms with Crippen LogP contribution in [0.2, 0.25) is 5.02 Å². The van der Waals surface area contributed by atoms with Gasteiger partial charge in [-0.2, -0.15) is 0 Å². The SMILES string of the molecule is Br.CCCC[CH2][Zn]. The van der Waals surface area contributed by atoms with E-state index in [0.717, 1.165) is 0 Å². The summed E-state index contributed by atoms with van der Waals surface area (Å²) in [6.45, 7) is 2.25. The van der Waals surface area contributed by atoms with Crippen molar-refractivity contribution < 1.29 is 18.3 Å². The second kappa shape index (κ2) is 10.2. The van der Waals surface area contributed by atoms with E-state index in [0.29, 0.717) is 0 Å². The Balaban J connectivity index is 0. The number of hydrogen-bond acceptors (Lipinski definition) is 0. The molecule has 0 radical (unpaired) electrons. The summed E-state index contributed by atoms with van der Waals surface area (Å²) < 4.78 is 0. The van der Waals surface area contributed by atoms with E-state index >= 15 is 0 Å². The topological polar surface area (TPSA) is 0 Å². The molecule has 0 aliphatic heterocycles. The Morgan fingerprint density at radius 2 is 1.86 bits per heavy atom. The minimum atomic E-state index is 0. The summed E-state index contributed by atoms with van der Waals surface area (Å²) in [6.07, 6.45) is 4.29. The molecule has 0 aromatic carbocycles. The van der Waals surface area contributed by atoms with E-state index in [4.69, 9.17) is 0 Å². The maximum atomic E-state index is 2.25. The molecule has 0 fully saturated rings. The van der Waals surface area contributed by atoms with Crippen LogP contribution in [-0.2, 0) is 18.3 Å². The van der Waals surface area contributed by atoms with Crippen molar-refractivity contribution in [3.8, 4) is 0 Å². The van der Waals surface area contributed by atoms with Crippen LogP contribution in [0.25, 0.3) is 0 Å². The fourth-order valence-electron chi connectivity index (χ4n) is 0.427. The first-order chi connectivity index (χ1) is 2.91. The van der Waals surface area contributed by atoms with Crippen LogP contribution in [-0.4, -0.2) is 0 Å². The second-order valence-electron chi connectivity index (χ2n) is 1.56. The van der Waals surface area contributed by atoms with Gasteiger partial charge in [0, 0.05) is 0 Å². The van der Waals surface area contributed by atoms with E-state index in [1.165, 1.54) is 42.6 Å². The molecule has 0 atom stereocenters. The van der Waals surface area contributed by atoms with Gasteiger partial charge in [0.05, 0.1) is 0 Å². The monoisotopic (exact) mass is 215 g/mol. The van der Waals surface area contributed by atoms with Crippen molar-refractivity contribution >= 4 is 17.0 Å². The van der Waals surface area contributed by atoms with E-state index in [9.17, 15) is 0 Å². The molecule has 41 valence electrons. The molecule has 0 aromatic heterocycles. The Morgan fingerprint density at radius 1 is 1.29 bits per heavy atom. The van der Waals surface area contributed by atoms with Crippen molar-refractivity contribution in [1.82, 2.24) is 0 Å². The Hall–Kier alpha value is 1.10. The van der Waals surface area contributed by atoms with Crippen molar-refractivity contribution in [3.63, 3.8) is 0 Å². The summed E-state index contributed by atoms with van der Waals surface area (Å²) in [4.78, 5) is 0. The van der Waals surface area contributed by atoms with Gasteiger partial charge in [0.25, 0.3) is 0 Å². The minimum absolute atomic E-state index is 0. The molecule has 0 aliphatic rings. The summed E-state index contributed by atoms with van der Waals surface area (Å²) in [7, 11) is 0. The first kappa shape index (κ1) is 11.0. The summed E-state index contributed by atoms with van der Waals surface area (Å²) in [5.41, 5.74) is 0. The maximum absolute atomic E-state index is 2.25. The molecule has 0 nitrogen and oxygen atoms in total. The third-order valence-electron chi connectivity index (χ3n) is 0.854. The Kier molecular flexibility index (Phi) is 15.9. The normalized spacial score (nSPS) is 7.86. The Labute approximate surface area is 66.5 Å². The summed E-state index contributed by atoms with van der Waals surface area (Å²) in [5, 5.41) is 1.48. The van der Waals surface area contributed by atoms with Crippen LogP contribution in [0.4, 0.5) is 0 Å². The average Bonchev–Trinajstić information content (AvgIpc) is 1.61. The van der Waals surface area contributed by atoms with Crippen LogP contribution in [0.15, 0.2) is 0 Å². The third kappa shape index (κ3) is 11.0. The van der Waals surface area contributed by atoms with Gasteiger partial charge in [0.2, 0.25) is 0 Å². The molecule has 0 saturated heterocycles. The van der Waals surface area contributed by atoms with Crippen molar-refractivity contribution in [2.24, 2.45) is 0 Å². The van der Waals surface area contributed by atoms with E-state index < -0.39 is 0 Å². The third-order valence-corrected chi connectivity index (χ3v) is 1.90. The molecule has 0 aliphatic carbocycles. The molecule has 0 bridgehead atoms. The van der Waals surface area contributed by atoms with Gasteiger partial charge in [-0.3, -0.25) is 0 Å². The number of hydrogen-bond donors (Lipinski definition) is 0. The fourth-order valence-corrected chi connectivity index (χ4v) is 1.17. The molecular formula is C5H12BrZn. The van der Waals surface area contributed by atoms with Crippen LogP contribution < -0.4 is 0 Å². The predicted octanol–water partition coefficient (Wildman–Crippen LogP) is 2.72. The van der Waals surface area contributed by atoms with Crippen LogP contribution in [0.5, 0.6) is 0 Å². The van der Waals surface area contributed by atoms with Gasteiger partial charge in [-0.1, -0.05) is 0 Å². The molecule has 0 spiro atoms. The average molecular weight is 217 g/mol. The molecule has 7 heavy (non-hydrogen) atoms. The molecule has 0 heterocycles. The van der Waals surface area contributed by atoms with E-state index in [-0.39, 0.29) is 17.0 Å².